The molecule has 1 saturated carbocycles. The third-order valence-corrected chi connectivity index (χ3v) is 3.11. The molecule has 0 unspecified atom stereocenters. The smallest absolute Gasteiger partial charge is 0.419 e. The first-order valence-corrected chi connectivity index (χ1v) is 5.71. The van der Waals surface area contributed by atoms with E-state index in [0.717, 1.165) is 25.0 Å². The lowest BCUT2D eigenvalue weighted by Crippen LogP contribution is -2.39. The maximum atomic E-state index is 13.0. The number of halogens is 4. The molecule has 0 N–H and O–H groups in total. The van der Waals surface area contributed by atoms with Crippen molar-refractivity contribution in [3.05, 3.63) is 29.6 Å². The molecule has 5 heteroatoms. The number of alkyl halides is 3. The summed E-state index contributed by atoms with van der Waals surface area (Å²) in [6.45, 7) is 4.14. The van der Waals surface area contributed by atoms with Gasteiger partial charge in [0.25, 0.3) is 0 Å². The van der Waals surface area contributed by atoms with Crippen LogP contribution in [-0.4, -0.2) is 6.10 Å². The Morgan fingerprint density at radius 3 is 2.33 bits per heavy atom. The van der Waals surface area contributed by atoms with E-state index < -0.39 is 17.6 Å². The normalized spacial score (nSPS) is 19.4. The molecule has 1 aliphatic rings. The second-order valence-corrected chi connectivity index (χ2v) is 5.45. The molecule has 1 fully saturated rings. The van der Waals surface area contributed by atoms with Crippen LogP contribution < -0.4 is 4.74 Å². The molecule has 0 aliphatic heterocycles. The Bertz CT molecular complexity index is 443. The number of hydrogen-bond acceptors (Lipinski definition) is 1. The minimum Gasteiger partial charge on any atom is -0.490 e. The van der Waals surface area contributed by atoms with Gasteiger partial charge in [0.15, 0.2) is 0 Å². The van der Waals surface area contributed by atoms with Crippen LogP contribution in [0.15, 0.2) is 18.2 Å². The first-order chi connectivity index (χ1) is 8.17. The van der Waals surface area contributed by atoms with Crippen molar-refractivity contribution in [3.8, 4) is 5.75 Å². The lowest BCUT2D eigenvalue weighted by Gasteiger charge is -2.42. The largest absolute Gasteiger partial charge is 0.490 e. The van der Waals surface area contributed by atoms with E-state index in [2.05, 4.69) is 13.8 Å². The molecule has 0 aromatic heterocycles. The fourth-order valence-corrected chi connectivity index (χ4v) is 2.24. The zero-order chi connectivity index (χ0) is 13.6. The Kier molecular flexibility index (Phi) is 3.03. The number of benzene rings is 1. The summed E-state index contributed by atoms with van der Waals surface area (Å²) in [7, 11) is 0. The van der Waals surface area contributed by atoms with Crippen LogP contribution in [0.2, 0.25) is 0 Å². The van der Waals surface area contributed by atoms with Crippen molar-refractivity contribution in [1.82, 2.24) is 0 Å². The second kappa shape index (κ2) is 4.14. The van der Waals surface area contributed by atoms with Crippen LogP contribution in [0.25, 0.3) is 0 Å². The molecular formula is C13H14F4O. The molecule has 0 heterocycles. The fourth-order valence-electron chi connectivity index (χ4n) is 2.24. The maximum Gasteiger partial charge on any atom is 0.419 e. The minimum atomic E-state index is -4.69. The van der Waals surface area contributed by atoms with Crippen LogP contribution in [0.5, 0.6) is 5.75 Å². The van der Waals surface area contributed by atoms with Gasteiger partial charge in [0.1, 0.15) is 11.6 Å². The SMILES string of the molecule is CC1(C)CC(Oc2ccc(F)c(C(F)(F)F)c2)C1. The van der Waals surface area contributed by atoms with Crippen LogP contribution in [0, 0.1) is 11.2 Å². The van der Waals surface area contributed by atoms with E-state index in [1.165, 1.54) is 6.07 Å². The molecule has 0 saturated heterocycles. The predicted molar refractivity (Wildman–Crippen MR) is 58.8 cm³/mol. The zero-order valence-corrected chi connectivity index (χ0v) is 10.1. The van der Waals surface area contributed by atoms with E-state index in [1.54, 1.807) is 0 Å². The summed E-state index contributed by atoms with van der Waals surface area (Å²) in [5, 5.41) is 0. The van der Waals surface area contributed by atoms with Gasteiger partial charge in [-0.25, -0.2) is 4.39 Å². The van der Waals surface area contributed by atoms with E-state index in [9.17, 15) is 17.6 Å². The van der Waals surface area contributed by atoms with Gasteiger partial charge in [-0.05, 0) is 36.5 Å². The Morgan fingerprint density at radius 1 is 1.22 bits per heavy atom. The van der Waals surface area contributed by atoms with Crippen molar-refractivity contribution < 1.29 is 22.3 Å². The van der Waals surface area contributed by atoms with Crippen LogP contribution in [-0.2, 0) is 6.18 Å². The Morgan fingerprint density at radius 2 is 1.83 bits per heavy atom. The van der Waals surface area contributed by atoms with E-state index in [1.807, 2.05) is 0 Å². The monoisotopic (exact) mass is 262 g/mol. The van der Waals surface area contributed by atoms with E-state index >= 15 is 0 Å². The Hall–Kier alpha value is -1.26. The Balaban J connectivity index is 2.11. The molecule has 2 rings (SSSR count). The standard InChI is InChI=1S/C13H14F4O/c1-12(2)6-9(7-12)18-8-3-4-11(14)10(5-8)13(15,16)17/h3-5,9H,6-7H2,1-2H3. The lowest BCUT2D eigenvalue weighted by molar-refractivity contribution is -0.140. The summed E-state index contributed by atoms with van der Waals surface area (Å²) in [4.78, 5) is 0. The van der Waals surface area contributed by atoms with Gasteiger partial charge in [0, 0.05) is 0 Å². The highest BCUT2D eigenvalue weighted by atomic mass is 19.4. The van der Waals surface area contributed by atoms with Gasteiger partial charge in [0.2, 0.25) is 0 Å². The summed E-state index contributed by atoms with van der Waals surface area (Å²) >= 11 is 0. The third-order valence-electron chi connectivity index (χ3n) is 3.11. The molecule has 18 heavy (non-hydrogen) atoms. The van der Waals surface area contributed by atoms with Crippen molar-refractivity contribution >= 4 is 0 Å². The van der Waals surface area contributed by atoms with E-state index in [-0.39, 0.29) is 17.3 Å². The van der Waals surface area contributed by atoms with Crippen molar-refractivity contribution in [2.45, 2.75) is 39.0 Å². The zero-order valence-electron chi connectivity index (χ0n) is 10.1. The first-order valence-electron chi connectivity index (χ1n) is 5.71. The van der Waals surface area contributed by atoms with Crippen LogP contribution >= 0.6 is 0 Å². The van der Waals surface area contributed by atoms with Gasteiger partial charge in [-0.3, -0.25) is 0 Å². The van der Waals surface area contributed by atoms with Gasteiger partial charge < -0.3 is 4.74 Å². The highest BCUT2D eigenvalue weighted by molar-refractivity contribution is 5.32. The molecule has 0 radical (unpaired) electrons. The average molecular weight is 262 g/mol. The van der Waals surface area contributed by atoms with Crippen molar-refractivity contribution in [2.24, 2.45) is 5.41 Å². The predicted octanol–water partition coefficient (Wildman–Crippen LogP) is 4.41. The number of hydrogen-bond donors (Lipinski definition) is 0. The summed E-state index contributed by atoms with van der Waals surface area (Å²) in [5.41, 5.74) is -1.10. The highest BCUT2D eigenvalue weighted by Gasteiger charge is 2.38. The lowest BCUT2D eigenvalue weighted by atomic mass is 9.70. The molecular weight excluding hydrogens is 248 g/mol. The molecule has 100 valence electrons. The number of ether oxygens (including phenoxy) is 1. The maximum absolute atomic E-state index is 13.0. The van der Waals surface area contributed by atoms with Crippen molar-refractivity contribution in [3.63, 3.8) is 0 Å². The van der Waals surface area contributed by atoms with Gasteiger partial charge in [0.05, 0.1) is 11.7 Å². The van der Waals surface area contributed by atoms with Crippen LogP contribution in [0.4, 0.5) is 17.6 Å². The fraction of sp³-hybridized carbons (Fsp3) is 0.538. The second-order valence-electron chi connectivity index (χ2n) is 5.45. The summed E-state index contributed by atoms with van der Waals surface area (Å²) in [6.07, 6.45) is -3.17. The quantitative estimate of drug-likeness (QED) is 0.717. The van der Waals surface area contributed by atoms with E-state index in [4.69, 9.17) is 4.74 Å². The van der Waals surface area contributed by atoms with E-state index in [0.29, 0.717) is 0 Å². The topological polar surface area (TPSA) is 9.23 Å². The highest BCUT2D eigenvalue weighted by Crippen LogP contribution is 2.42. The van der Waals surface area contributed by atoms with Crippen LogP contribution in [0.3, 0.4) is 0 Å². The van der Waals surface area contributed by atoms with Crippen LogP contribution in [0.1, 0.15) is 32.3 Å². The molecule has 0 amide bonds. The van der Waals surface area contributed by atoms with Crippen molar-refractivity contribution in [2.75, 3.05) is 0 Å². The molecule has 0 atom stereocenters. The Labute approximate surface area is 103 Å². The van der Waals surface area contributed by atoms with Gasteiger partial charge in [-0.1, -0.05) is 13.8 Å². The minimum absolute atomic E-state index is 0.0734. The third kappa shape index (κ3) is 2.76. The molecule has 1 aliphatic carbocycles. The molecule has 1 aromatic carbocycles. The molecule has 0 bridgehead atoms. The van der Waals surface area contributed by atoms with Gasteiger partial charge >= 0.3 is 6.18 Å². The summed E-state index contributed by atoms with van der Waals surface area (Å²) < 4.78 is 55.9. The average Bonchev–Trinajstić information content (AvgIpc) is 2.16. The first kappa shape index (κ1) is 13.2. The summed E-state index contributed by atoms with van der Waals surface area (Å²) in [5.74, 6) is -1.20. The van der Waals surface area contributed by atoms with Gasteiger partial charge in [-0.2, -0.15) is 13.2 Å². The molecule has 1 nitrogen and oxygen atoms in total. The van der Waals surface area contributed by atoms with Crippen molar-refractivity contribution in [1.29, 1.82) is 0 Å². The summed E-state index contributed by atoms with van der Waals surface area (Å²) in [6, 6.07) is 2.75. The molecule has 1 aromatic rings. The number of rotatable bonds is 2. The van der Waals surface area contributed by atoms with Gasteiger partial charge in [-0.15, -0.1) is 0 Å². The molecule has 0 spiro atoms.